The van der Waals surface area contributed by atoms with Crippen LogP contribution in [0.4, 0.5) is 39.9 Å². The Morgan fingerprint density at radius 3 is 2.40 bits per heavy atom. The molecular weight excluding hydrogens is 806 g/mol. The van der Waals surface area contributed by atoms with E-state index in [0.29, 0.717) is 4.68 Å². The first-order chi connectivity index (χ1) is 27.1. The van der Waals surface area contributed by atoms with Gasteiger partial charge < -0.3 is 15.4 Å². The number of hydrogen-bond acceptors (Lipinski definition) is 7. The van der Waals surface area contributed by atoms with E-state index < -0.39 is 90.7 Å². The highest BCUT2D eigenvalue weighted by Gasteiger charge is 2.65. The fourth-order valence-corrected chi connectivity index (χ4v) is 6.50. The Morgan fingerprint density at radius 2 is 1.81 bits per heavy atom. The van der Waals surface area contributed by atoms with E-state index in [-0.39, 0.29) is 38.5 Å². The average Bonchev–Trinajstić information content (AvgIpc) is 3.44. The zero-order valence-electron chi connectivity index (χ0n) is 30.6. The number of alkyl carbamates (subject to hydrolysis) is 1. The molecule has 2 aromatic carbocycles. The normalized spacial score (nSPS) is 18.2. The Morgan fingerprint density at radius 1 is 1.10 bits per heavy atom. The minimum atomic E-state index is -4.80. The van der Waals surface area contributed by atoms with E-state index in [9.17, 15) is 35.5 Å². The summed E-state index contributed by atoms with van der Waals surface area (Å²) in [6.45, 7) is 5.41. The Bertz CT molecular complexity index is 2360. The van der Waals surface area contributed by atoms with Gasteiger partial charge in [-0.3, -0.25) is 15.1 Å². The third kappa shape index (κ3) is 7.69. The predicted molar refractivity (Wildman–Crippen MR) is 190 cm³/mol. The molecule has 0 bridgehead atoms. The minimum Gasteiger partial charge on any atom is -0.447 e. The lowest BCUT2D eigenvalue weighted by Gasteiger charge is -2.37. The summed E-state index contributed by atoms with van der Waals surface area (Å²) in [5.41, 5.74) is -5.84. The summed E-state index contributed by atoms with van der Waals surface area (Å²) >= 11 is 6.39. The molecule has 1 saturated heterocycles. The van der Waals surface area contributed by atoms with Gasteiger partial charge >= 0.3 is 18.8 Å². The van der Waals surface area contributed by atoms with Gasteiger partial charge in [0.05, 0.1) is 34.1 Å². The minimum absolute atomic E-state index is 0.0103. The van der Waals surface area contributed by atoms with Gasteiger partial charge in [0, 0.05) is 6.20 Å². The number of benzene rings is 2. The zero-order chi connectivity index (χ0) is 42.5. The van der Waals surface area contributed by atoms with E-state index in [2.05, 4.69) is 38.9 Å². The van der Waals surface area contributed by atoms with E-state index >= 15 is 9.18 Å². The molecule has 58 heavy (non-hydrogen) atoms. The molecule has 3 N–H and O–H groups in total. The number of carbonyl (C=O) groups is 2. The maximum Gasteiger partial charge on any atom is 0.411 e. The molecule has 1 aliphatic carbocycles. The Labute approximate surface area is 329 Å². The van der Waals surface area contributed by atoms with Crippen molar-refractivity contribution in [3.8, 4) is 17.5 Å². The van der Waals surface area contributed by atoms with Crippen LogP contribution in [0.3, 0.4) is 0 Å². The van der Waals surface area contributed by atoms with Gasteiger partial charge in [-0.15, -0.1) is 0 Å². The highest BCUT2D eigenvalue weighted by atomic mass is 35.5. The molecule has 21 heteroatoms. The van der Waals surface area contributed by atoms with Crippen molar-refractivity contribution in [3.63, 3.8) is 0 Å². The molecule has 0 spiro atoms. The SMILES string of the molecule is C=C(C(C)(C)C)[C@]1(c2ccc(C#Cc3cnn(C(F)F)c3)c(F)c2)NC(=N)N([C@H](COC(=O)NC2(C(F)(F)F)CC2)c2ccc(Cl)c(-n3ncnc3C(F)F)c2)C1=O. The van der Waals surface area contributed by atoms with Crippen LogP contribution in [0.2, 0.25) is 5.02 Å². The standard InChI is InChI=1S/C37H32ClF8N9O3/c1-19(34(2,3)4)36(23-9-7-21(25(39)14-23)6-5-20-15-49-53(16-20)31(42)43)30(56)54(32(47)51-36)27(17-58-33(57)52-35(11-12-35)37(44,45)46)22-8-10-24(38)26(13-22)55-29(28(40)41)48-18-50-55/h7-10,13-16,18,27-28,31H,1,11-12,17H2,2-4H3,(H2,47,51)(H,52,57)/t27-,36-/m1/s1. The van der Waals surface area contributed by atoms with Crippen LogP contribution in [-0.2, 0) is 15.1 Å². The molecule has 1 saturated carbocycles. The second-order valence-corrected chi connectivity index (χ2v) is 14.8. The van der Waals surface area contributed by atoms with Crippen molar-refractivity contribution < 1.29 is 49.4 Å². The summed E-state index contributed by atoms with van der Waals surface area (Å²) in [7, 11) is 0. The van der Waals surface area contributed by atoms with Crippen LogP contribution in [0.15, 0.2) is 67.3 Å². The smallest absolute Gasteiger partial charge is 0.411 e. The monoisotopic (exact) mass is 837 g/mol. The van der Waals surface area contributed by atoms with Crippen molar-refractivity contribution >= 4 is 29.6 Å². The molecule has 306 valence electrons. The highest BCUT2D eigenvalue weighted by Crippen LogP contribution is 2.49. The first-order valence-corrected chi connectivity index (χ1v) is 17.5. The highest BCUT2D eigenvalue weighted by molar-refractivity contribution is 6.32. The molecule has 3 heterocycles. The number of nitrogens with zero attached hydrogens (tertiary/aromatic N) is 6. The molecular formula is C37H32ClF8N9O3. The molecule has 2 aliphatic rings. The quantitative estimate of drug-likeness (QED) is 0.0844. The van der Waals surface area contributed by atoms with Gasteiger partial charge in [-0.05, 0) is 59.2 Å². The summed E-state index contributed by atoms with van der Waals surface area (Å²) in [5, 5.41) is 20.9. The third-order valence-electron chi connectivity index (χ3n) is 9.66. The van der Waals surface area contributed by atoms with Crippen LogP contribution in [0.5, 0.6) is 0 Å². The lowest BCUT2D eigenvalue weighted by molar-refractivity contribution is -0.164. The Balaban J connectivity index is 1.42. The third-order valence-corrected chi connectivity index (χ3v) is 9.98. The largest absolute Gasteiger partial charge is 0.447 e. The van der Waals surface area contributed by atoms with Crippen LogP contribution < -0.4 is 10.6 Å². The van der Waals surface area contributed by atoms with Gasteiger partial charge in [0.1, 0.15) is 24.3 Å². The Hall–Kier alpha value is -5.97. The molecule has 2 fully saturated rings. The average molecular weight is 838 g/mol. The second kappa shape index (κ2) is 15.1. The van der Waals surface area contributed by atoms with Crippen LogP contribution in [0.1, 0.15) is 80.7 Å². The fourth-order valence-electron chi connectivity index (χ4n) is 6.30. The van der Waals surface area contributed by atoms with E-state index in [1.54, 1.807) is 20.8 Å². The maximum atomic E-state index is 15.9. The van der Waals surface area contributed by atoms with E-state index in [1.807, 2.05) is 5.32 Å². The number of hydrogen-bond donors (Lipinski definition) is 3. The summed E-state index contributed by atoms with van der Waals surface area (Å²) in [6.07, 6.45) is -7.34. The first-order valence-electron chi connectivity index (χ1n) is 17.1. The molecule has 2 atom stereocenters. The van der Waals surface area contributed by atoms with Gasteiger partial charge in [-0.2, -0.15) is 32.1 Å². The van der Waals surface area contributed by atoms with Crippen LogP contribution in [0.25, 0.3) is 5.69 Å². The maximum absolute atomic E-state index is 15.9. The second-order valence-electron chi connectivity index (χ2n) is 14.4. The zero-order valence-corrected chi connectivity index (χ0v) is 31.3. The lowest BCUT2D eigenvalue weighted by Crippen LogP contribution is -2.49. The van der Waals surface area contributed by atoms with Crippen LogP contribution in [0, 0.1) is 28.5 Å². The molecule has 2 aromatic heterocycles. The van der Waals surface area contributed by atoms with E-state index in [1.165, 1.54) is 30.3 Å². The van der Waals surface area contributed by atoms with Gasteiger partial charge in [-0.25, -0.2) is 32.3 Å². The van der Waals surface area contributed by atoms with Gasteiger partial charge in [0.25, 0.3) is 12.3 Å². The van der Waals surface area contributed by atoms with Crippen molar-refractivity contribution in [1.82, 2.24) is 40.1 Å². The van der Waals surface area contributed by atoms with E-state index in [0.717, 1.165) is 34.4 Å². The van der Waals surface area contributed by atoms with Crippen molar-refractivity contribution in [3.05, 3.63) is 106 Å². The van der Waals surface area contributed by atoms with Crippen molar-refractivity contribution in [2.75, 3.05) is 6.61 Å². The molecule has 6 rings (SSSR count). The first kappa shape index (κ1) is 41.7. The predicted octanol–water partition coefficient (Wildman–Crippen LogP) is 7.72. The van der Waals surface area contributed by atoms with Crippen molar-refractivity contribution in [2.24, 2.45) is 5.41 Å². The van der Waals surface area contributed by atoms with Crippen molar-refractivity contribution in [1.29, 1.82) is 5.41 Å². The molecule has 4 aromatic rings. The van der Waals surface area contributed by atoms with Gasteiger partial charge in [-0.1, -0.05) is 62.9 Å². The molecule has 2 amide bonds. The molecule has 0 unspecified atom stereocenters. The lowest BCUT2D eigenvalue weighted by atomic mass is 9.71. The molecule has 1 aliphatic heterocycles. The summed E-state index contributed by atoms with van der Waals surface area (Å²) in [6, 6.07) is 5.70. The summed E-state index contributed by atoms with van der Waals surface area (Å²) in [5.74, 6) is 1.69. The van der Waals surface area contributed by atoms with Gasteiger partial charge in [0.2, 0.25) is 0 Å². The number of halogens is 9. The number of aromatic nitrogens is 5. The Kier molecular flexibility index (Phi) is 10.8. The summed E-state index contributed by atoms with van der Waals surface area (Å²) in [4.78, 5) is 32.3. The topological polar surface area (TPSA) is 143 Å². The molecule has 0 radical (unpaired) electrons. The summed E-state index contributed by atoms with van der Waals surface area (Å²) < 4.78 is 117. The van der Waals surface area contributed by atoms with Gasteiger partial charge in [0.15, 0.2) is 17.3 Å². The number of amides is 2. The van der Waals surface area contributed by atoms with E-state index in [4.69, 9.17) is 21.7 Å². The van der Waals surface area contributed by atoms with Crippen molar-refractivity contribution in [2.45, 2.75) is 69.9 Å². The molecule has 12 nitrogen and oxygen atoms in total. The number of alkyl halides is 7. The van der Waals surface area contributed by atoms with Crippen LogP contribution in [-0.4, -0.2) is 65.7 Å². The number of ether oxygens (including phenoxy) is 1. The number of nitrogens with one attached hydrogen (secondary N) is 3. The fraction of sp³-hybridized carbons (Fsp3) is 0.351. The van der Waals surface area contributed by atoms with Crippen LogP contribution >= 0.6 is 11.6 Å². The number of guanidine groups is 1. The number of carbonyl (C=O) groups excluding carboxylic acids is 2. The number of rotatable bonds is 10.